The molecule has 0 spiro atoms. The average Bonchev–Trinajstić information content (AvgIpc) is 2.82. The van der Waals surface area contributed by atoms with Crippen molar-refractivity contribution in [3.63, 3.8) is 0 Å². The van der Waals surface area contributed by atoms with Gasteiger partial charge in [0, 0.05) is 30.4 Å². The molecule has 0 aliphatic carbocycles. The first-order chi connectivity index (χ1) is 9.65. The van der Waals surface area contributed by atoms with Gasteiger partial charge in [0.1, 0.15) is 5.75 Å². The molecule has 0 aliphatic rings. The first-order valence-corrected chi connectivity index (χ1v) is 7.08. The molecule has 1 heterocycles. The molecular formula is C16H23N3O. The molecule has 108 valence electrons. The molecule has 0 atom stereocenters. The zero-order valence-corrected chi connectivity index (χ0v) is 12.7. The zero-order chi connectivity index (χ0) is 14.7. The number of nitrogens with two attached hydrogens (primary N) is 1. The minimum absolute atomic E-state index is 0.472. The Morgan fingerprint density at radius 3 is 2.55 bits per heavy atom. The number of benzene rings is 1. The number of nitrogens with zero attached hydrogens (tertiary/aromatic N) is 2. The summed E-state index contributed by atoms with van der Waals surface area (Å²) in [4.78, 5) is 0. The van der Waals surface area contributed by atoms with Crippen LogP contribution in [-0.2, 0) is 26.4 Å². The van der Waals surface area contributed by atoms with Crippen LogP contribution >= 0.6 is 0 Å². The Balaban J connectivity index is 2.61. The largest absolute Gasteiger partial charge is 0.496 e. The Labute approximate surface area is 120 Å². The van der Waals surface area contributed by atoms with Gasteiger partial charge in [0.15, 0.2) is 0 Å². The highest BCUT2D eigenvalue weighted by Crippen LogP contribution is 2.31. The van der Waals surface area contributed by atoms with E-state index in [1.54, 1.807) is 7.11 Å². The van der Waals surface area contributed by atoms with Crippen LogP contribution in [0.15, 0.2) is 18.2 Å². The van der Waals surface area contributed by atoms with Gasteiger partial charge in [-0.1, -0.05) is 19.9 Å². The molecule has 2 rings (SSSR count). The molecule has 4 nitrogen and oxygen atoms in total. The maximum Gasteiger partial charge on any atom is 0.123 e. The van der Waals surface area contributed by atoms with Gasteiger partial charge in [-0.15, -0.1) is 0 Å². The Hall–Kier alpha value is -1.81. The van der Waals surface area contributed by atoms with E-state index >= 15 is 0 Å². The van der Waals surface area contributed by atoms with Gasteiger partial charge in [-0.2, -0.15) is 5.10 Å². The minimum atomic E-state index is 0.472. The van der Waals surface area contributed by atoms with Gasteiger partial charge in [0.05, 0.1) is 12.8 Å². The molecule has 0 radical (unpaired) electrons. The molecule has 2 aromatic rings. The Kier molecular flexibility index (Phi) is 4.45. The van der Waals surface area contributed by atoms with Gasteiger partial charge >= 0.3 is 0 Å². The van der Waals surface area contributed by atoms with Crippen LogP contribution in [0.1, 0.15) is 30.8 Å². The molecule has 0 fully saturated rings. The van der Waals surface area contributed by atoms with Crippen LogP contribution in [0.2, 0.25) is 0 Å². The third kappa shape index (κ3) is 2.43. The van der Waals surface area contributed by atoms with Crippen molar-refractivity contribution in [2.24, 2.45) is 12.8 Å². The van der Waals surface area contributed by atoms with Crippen molar-refractivity contribution in [3.05, 3.63) is 35.2 Å². The van der Waals surface area contributed by atoms with E-state index in [0.717, 1.165) is 29.8 Å². The van der Waals surface area contributed by atoms with Gasteiger partial charge in [0.2, 0.25) is 0 Å². The lowest BCUT2D eigenvalue weighted by Crippen LogP contribution is -2.01. The van der Waals surface area contributed by atoms with E-state index in [1.807, 2.05) is 17.8 Å². The Bertz CT molecular complexity index is 602. The summed E-state index contributed by atoms with van der Waals surface area (Å²) in [6.07, 6.45) is 1.88. The predicted octanol–water partition coefficient (Wildman–Crippen LogP) is 2.68. The van der Waals surface area contributed by atoms with Gasteiger partial charge in [-0.05, 0) is 30.5 Å². The van der Waals surface area contributed by atoms with Gasteiger partial charge in [-0.3, -0.25) is 4.68 Å². The van der Waals surface area contributed by atoms with E-state index in [1.165, 1.54) is 16.8 Å². The lowest BCUT2D eigenvalue weighted by molar-refractivity contribution is 0.410. The zero-order valence-electron chi connectivity index (χ0n) is 12.7. The molecule has 1 aromatic carbocycles. The summed E-state index contributed by atoms with van der Waals surface area (Å²) in [6, 6.07) is 6.20. The number of rotatable bonds is 5. The molecule has 0 amide bonds. The highest BCUT2D eigenvalue weighted by Gasteiger charge is 2.16. The second kappa shape index (κ2) is 6.09. The van der Waals surface area contributed by atoms with E-state index in [9.17, 15) is 0 Å². The molecule has 0 bridgehead atoms. The third-order valence-electron chi connectivity index (χ3n) is 3.70. The lowest BCUT2D eigenvalue weighted by atomic mass is 9.98. The SMILES string of the molecule is CCc1nn(C)c(CC)c1-c1ccc(OC)c(CN)c1. The summed E-state index contributed by atoms with van der Waals surface area (Å²) in [5, 5.41) is 4.63. The van der Waals surface area contributed by atoms with E-state index in [-0.39, 0.29) is 0 Å². The van der Waals surface area contributed by atoms with Crippen LogP contribution in [0.4, 0.5) is 0 Å². The molecule has 4 heteroatoms. The van der Waals surface area contributed by atoms with Gasteiger partial charge in [0.25, 0.3) is 0 Å². The number of hydrogen-bond donors (Lipinski definition) is 1. The van der Waals surface area contributed by atoms with Crippen molar-refractivity contribution in [1.29, 1.82) is 0 Å². The van der Waals surface area contributed by atoms with E-state index < -0.39 is 0 Å². The van der Waals surface area contributed by atoms with Crippen LogP contribution < -0.4 is 10.5 Å². The quantitative estimate of drug-likeness (QED) is 0.911. The summed E-state index contributed by atoms with van der Waals surface area (Å²) < 4.78 is 7.33. The summed E-state index contributed by atoms with van der Waals surface area (Å²) >= 11 is 0. The number of methoxy groups -OCH3 is 1. The number of hydrogen-bond acceptors (Lipinski definition) is 3. The van der Waals surface area contributed by atoms with Crippen molar-refractivity contribution in [1.82, 2.24) is 9.78 Å². The normalized spacial score (nSPS) is 10.8. The second-order valence-corrected chi connectivity index (χ2v) is 4.83. The van der Waals surface area contributed by atoms with Crippen molar-refractivity contribution in [2.75, 3.05) is 7.11 Å². The standard InChI is InChI=1S/C16H23N3O/c1-5-13-16(14(6-2)19(3)18-13)11-7-8-15(20-4)12(9-11)10-17/h7-9H,5-6,10,17H2,1-4H3. The highest BCUT2D eigenvalue weighted by atomic mass is 16.5. The molecular weight excluding hydrogens is 250 g/mol. The van der Waals surface area contributed by atoms with Gasteiger partial charge in [-0.25, -0.2) is 0 Å². The molecule has 0 aliphatic heterocycles. The van der Waals surface area contributed by atoms with Crippen molar-refractivity contribution in [3.8, 4) is 16.9 Å². The van der Waals surface area contributed by atoms with E-state index in [0.29, 0.717) is 6.54 Å². The summed E-state index contributed by atoms with van der Waals surface area (Å²) in [7, 11) is 3.68. The molecule has 2 N–H and O–H groups in total. The number of aryl methyl sites for hydroxylation is 2. The summed E-state index contributed by atoms with van der Waals surface area (Å²) in [5.41, 5.74) is 11.7. The van der Waals surface area contributed by atoms with Crippen molar-refractivity contribution in [2.45, 2.75) is 33.2 Å². The van der Waals surface area contributed by atoms with Crippen LogP contribution in [0.5, 0.6) is 5.75 Å². The maximum atomic E-state index is 5.82. The summed E-state index contributed by atoms with van der Waals surface area (Å²) in [6.45, 7) is 4.77. The van der Waals surface area contributed by atoms with Crippen LogP contribution in [0.25, 0.3) is 11.1 Å². The topological polar surface area (TPSA) is 53.1 Å². The fourth-order valence-electron chi connectivity index (χ4n) is 2.70. The van der Waals surface area contributed by atoms with Crippen LogP contribution in [0, 0.1) is 0 Å². The fourth-order valence-corrected chi connectivity index (χ4v) is 2.70. The Morgan fingerprint density at radius 1 is 1.25 bits per heavy atom. The minimum Gasteiger partial charge on any atom is -0.496 e. The molecule has 0 unspecified atom stereocenters. The van der Waals surface area contributed by atoms with Crippen LogP contribution in [0.3, 0.4) is 0 Å². The number of aromatic nitrogens is 2. The van der Waals surface area contributed by atoms with Crippen LogP contribution in [-0.4, -0.2) is 16.9 Å². The van der Waals surface area contributed by atoms with Crippen molar-refractivity contribution < 1.29 is 4.74 Å². The smallest absolute Gasteiger partial charge is 0.123 e. The lowest BCUT2D eigenvalue weighted by Gasteiger charge is -2.11. The fraction of sp³-hybridized carbons (Fsp3) is 0.438. The molecule has 20 heavy (non-hydrogen) atoms. The Morgan fingerprint density at radius 2 is 2.00 bits per heavy atom. The maximum absolute atomic E-state index is 5.82. The summed E-state index contributed by atoms with van der Waals surface area (Å²) in [5.74, 6) is 0.844. The predicted molar refractivity (Wildman–Crippen MR) is 81.8 cm³/mol. The van der Waals surface area contributed by atoms with Gasteiger partial charge < -0.3 is 10.5 Å². The highest BCUT2D eigenvalue weighted by molar-refractivity contribution is 5.70. The third-order valence-corrected chi connectivity index (χ3v) is 3.70. The van der Waals surface area contributed by atoms with Crippen molar-refractivity contribution >= 4 is 0 Å². The monoisotopic (exact) mass is 273 g/mol. The first-order valence-electron chi connectivity index (χ1n) is 7.08. The molecule has 1 aromatic heterocycles. The average molecular weight is 273 g/mol. The van der Waals surface area contributed by atoms with E-state index in [2.05, 4.69) is 31.1 Å². The first kappa shape index (κ1) is 14.6. The number of ether oxygens (including phenoxy) is 1. The van der Waals surface area contributed by atoms with E-state index in [4.69, 9.17) is 10.5 Å². The molecule has 0 saturated carbocycles. The second-order valence-electron chi connectivity index (χ2n) is 4.83. The molecule has 0 saturated heterocycles.